The van der Waals surface area contributed by atoms with Gasteiger partial charge in [0.25, 0.3) is 0 Å². The summed E-state index contributed by atoms with van der Waals surface area (Å²) in [5.41, 5.74) is -0.145. The second-order valence-corrected chi connectivity index (χ2v) is 4.42. The van der Waals surface area contributed by atoms with Crippen molar-refractivity contribution in [3.05, 3.63) is 0 Å². The highest BCUT2D eigenvalue weighted by atomic mass is 16.5. The minimum atomic E-state index is -0.145. The van der Waals surface area contributed by atoms with Crippen molar-refractivity contribution in [1.82, 2.24) is 0 Å². The highest BCUT2D eigenvalue weighted by Gasteiger charge is 2.51. The zero-order valence-corrected chi connectivity index (χ0v) is 7.96. The van der Waals surface area contributed by atoms with Crippen LogP contribution in [0.15, 0.2) is 0 Å². The van der Waals surface area contributed by atoms with Crippen molar-refractivity contribution in [1.29, 1.82) is 0 Å². The highest BCUT2D eigenvalue weighted by molar-refractivity contribution is 5.85. The van der Waals surface area contributed by atoms with E-state index < -0.39 is 0 Å². The Morgan fingerprint density at radius 1 is 1.50 bits per heavy atom. The summed E-state index contributed by atoms with van der Waals surface area (Å²) in [6.45, 7) is 6.07. The normalized spacial score (nSPS) is 52.9. The molecule has 2 aliphatic rings. The first-order valence-electron chi connectivity index (χ1n) is 4.76. The summed E-state index contributed by atoms with van der Waals surface area (Å²) >= 11 is 0. The fraction of sp³-hybridized carbons (Fsp3) is 0.900. The molecule has 2 saturated heterocycles. The van der Waals surface area contributed by atoms with Crippen LogP contribution in [0.5, 0.6) is 0 Å². The summed E-state index contributed by atoms with van der Waals surface area (Å²) in [4.78, 5) is 11.7. The molecule has 4 atom stereocenters. The summed E-state index contributed by atoms with van der Waals surface area (Å²) in [6, 6.07) is 0. The maximum absolute atomic E-state index is 11.7. The molecule has 2 fully saturated rings. The van der Waals surface area contributed by atoms with E-state index in [2.05, 4.69) is 6.92 Å². The monoisotopic (exact) mass is 168 g/mol. The van der Waals surface area contributed by atoms with Crippen LogP contribution in [0.2, 0.25) is 0 Å². The molecular formula is C10H16O2. The topological polar surface area (TPSA) is 26.3 Å². The van der Waals surface area contributed by atoms with Crippen molar-refractivity contribution in [2.45, 2.75) is 45.3 Å². The zero-order valence-electron chi connectivity index (χ0n) is 7.96. The quantitative estimate of drug-likeness (QED) is 0.551. The van der Waals surface area contributed by atoms with E-state index >= 15 is 0 Å². The Morgan fingerprint density at radius 3 is 2.83 bits per heavy atom. The van der Waals surface area contributed by atoms with Gasteiger partial charge in [0, 0.05) is 11.8 Å². The Hall–Kier alpha value is -0.370. The standard InChI is InChI=1S/C10H16O2/c1-6-8-4-5-10(3,12-8)7(2)9(6)11/h6-8H,4-5H2,1-3H3. The second kappa shape index (κ2) is 2.32. The van der Waals surface area contributed by atoms with Crippen LogP contribution < -0.4 is 0 Å². The van der Waals surface area contributed by atoms with Crippen LogP contribution >= 0.6 is 0 Å². The van der Waals surface area contributed by atoms with Crippen LogP contribution in [-0.4, -0.2) is 17.5 Å². The summed E-state index contributed by atoms with van der Waals surface area (Å²) < 4.78 is 5.86. The first-order chi connectivity index (χ1) is 5.54. The summed E-state index contributed by atoms with van der Waals surface area (Å²) in [7, 11) is 0. The average Bonchev–Trinajstić information content (AvgIpc) is 2.41. The maximum atomic E-state index is 11.7. The molecule has 0 spiro atoms. The SMILES string of the molecule is CC1C(=O)C(C)C2(C)CCC1O2. The third kappa shape index (κ3) is 0.875. The predicted molar refractivity (Wildman–Crippen MR) is 45.8 cm³/mol. The van der Waals surface area contributed by atoms with Gasteiger partial charge in [0.1, 0.15) is 5.78 Å². The molecule has 0 N–H and O–H groups in total. The van der Waals surface area contributed by atoms with Crippen molar-refractivity contribution in [3.8, 4) is 0 Å². The van der Waals surface area contributed by atoms with Gasteiger partial charge >= 0.3 is 0 Å². The zero-order chi connectivity index (χ0) is 8.93. The molecule has 2 nitrogen and oxygen atoms in total. The molecule has 2 heteroatoms. The molecule has 0 aromatic rings. The van der Waals surface area contributed by atoms with Gasteiger partial charge in [0.2, 0.25) is 0 Å². The van der Waals surface area contributed by atoms with E-state index in [9.17, 15) is 4.79 Å². The number of Topliss-reactive ketones (excluding diaryl/α,β-unsaturated/α-hetero) is 1. The number of ketones is 1. The van der Waals surface area contributed by atoms with E-state index in [4.69, 9.17) is 4.74 Å². The summed E-state index contributed by atoms with van der Waals surface area (Å²) in [6.07, 6.45) is 2.32. The molecule has 0 radical (unpaired) electrons. The lowest BCUT2D eigenvalue weighted by Gasteiger charge is -2.38. The van der Waals surface area contributed by atoms with Crippen LogP contribution in [0.1, 0.15) is 33.6 Å². The van der Waals surface area contributed by atoms with E-state index in [1.54, 1.807) is 0 Å². The molecule has 2 bridgehead atoms. The highest BCUT2D eigenvalue weighted by Crippen LogP contribution is 2.45. The lowest BCUT2D eigenvalue weighted by molar-refractivity contribution is -0.160. The van der Waals surface area contributed by atoms with Crippen molar-refractivity contribution < 1.29 is 9.53 Å². The predicted octanol–water partition coefficient (Wildman–Crippen LogP) is 1.78. The Balaban J connectivity index is 2.32. The van der Waals surface area contributed by atoms with Gasteiger partial charge < -0.3 is 4.74 Å². The van der Waals surface area contributed by atoms with E-state index in [0.29, 0.717) is 5.78 Å². The molecule has 12 heavy (non-hydrogen) atoms. The smallest absolute Gasteiger partial charge is 0.143 e. The molecule has 0 amide bonds. The van der Waals surface area contributed by atoms with Gasteiger partial charge in [-0.15, -0.1) is 0 Å². The van der Waals surface area contributed by atoms with Gasteiger partial charge in [-0.05, 0) is 19.8 Å². The largest absolute Gasteiger partial charge is 0.371 e. The number of ether oxygens (including phenoxy) is 1. The van der Waals surface area contributed by atoms with E-state index in [-0.39, 0.29) is 23.5 Å². The number of rotatable bonds is 0. The summed E-state index contributed by atoms with van der Waals surface area (Å²) in [5.74, 6) is 0.605. The van der Waals surface area contributed by atoms with Crippen LogP contribution in [0.25, 0.3) is 0 Å². The van der Waals surface area contributed by atoms with Crippen molar-refractivity contribution in [2.75, 3.05) is 0 Å². The van der Waals surface area contributed by atoms with Crippen LogP contribution in [0, 0.1) is 11.8 Å². The molecule has 68 valence electrons. The molecule has 2 aliphatic heterocycles. The third-order valence-corrected chi connectivity index (χ3v) is 3.70. The van der Waals surface area contributed by atoms with Gasteiger partial charge in [-0.3, -0.25) is 4.79 Å². The van der Waals surface area contributed by atoms with Crippen LogP contribution in [0.4, 0.5) is 0 Å². The van der Waals surface area contributed by atoms with Gasteiger partial charge in [-0.1, -0.05) is 13.8 Å². The molecule has 4 unspecified atom stereocenters. The molecule has 2 rings (SSSR count). The number of carbonyl (C=O) groups excluding carboxylic acids is 1. The minimum Gasteiger partial charge on any atom is -0.371 e. The average molecular weight is 168 g/mol. The molecular weight excluding hydrogens is 152 g/mol. The van der Waals surface area contributed by atoms with Gasteiger partial charge in [-0.2, -0.15) is 0 Å². The Labute approximate surface area is 73.3 Å². The van der Waals surface area contributed by atoms with E-state index in [1.807, 2.05) is 13.8 Å². The lowest BCUT2D eigenvalue weighted by Crippen LogP contribution is -2.47. The maximum Gasteiger partial charge on any atom is 0.143 e. The fourth-order valence-electron chi connectivity index (χ4n) is 2.44. The third-order valence-electron chi connectivity index (χ3n) is 3.70. The second-order valence-electron chi connectivity index (χ2n) is 4.42. The number of fused-ring (bicyclic) bond motifs is 2. The Morgan fingerprint density at radius 2 is 2.17 bits per heavy atom. The molecule has 2 heterocycles. The van der Waals surface area contributed by atoms with Crippen molar-refractivity contribution in [3.63, 3.8) is 0 Å². The van der Waals surface area contributed by atoms with E-state index in [0.717, 1.165) is 12.8 Å². The first kappa shape index (κ1) is 8.24. The Kier molecular flexibility index (Phi) is 1.59. The molecule has 0 aromatic heterocycles. The number of hydrogen-bond donors (Lipinski definition) is 0. The molecule has 0 aliphatic carbocycles. The first-order valence-corrected chi connectivity index (χ1v) is 4.76. The number of carbonyl (C=O) groups is 1. The van der Waals surface area contributed by atoms with Gasteiger partial charge in [0.15, 0.2) is 0 Å². The minimum absolute atomic E-state index is 0.0891. The van der Waals surface area contributed by atoms with Crippen LogP contribution in [0.3, 0.4) is 0 Å². The molecule has 0 saturated carbocycles. The van der Waals surface area contributed by atoms with Crippen molar-refractivity contribution >= 4 is 5.78 Å². The van der Waals surface area contributed by atoms with Crippen molar-refractivity contribution in [2.24, 2.45) is 11.8 Å². The fourth-order valence-corrected chi connectivity index (χ4v) is 2.44. The van der Waals surface area contributed by atoms with Gasteiger partial charge in [0.05, 0.1) is 11.7 Å². The molecule has 0 aromatic carbocycles. The summed E-state index contributed by atoms with van der Waals surface area (Å²) in [5, 5.41) is 0. The number of hydrogen-bond acceptors (Lipinski definition) is 2. The lowest BCUT2D eigenvalue weighted by atomic mass is 9.81. The Bertz CT molecular complexity index is 224. The van der Waals surface area contributed by atoms with Crippen LogP contribution in [-0.2, 0) is 9.53 Å². The van der Waals surface area contributed by atoms with E-state index in [1.165, 1.54) is 0 Å². The van der Waals surface area contributed by atoms with Gasteiger partial charge in [-0.25, -0.2) is 0 Å².